The van der Waals surface area contributed by atoms with Crippen LogP contribution in [0.1, 0.15) is 15.9 Å². The van der Waals surface area contributed by atoms with Crippen LogP contribution in [0.4, 0.5) is 0 Å². The van der Waals surface area contributed by atoms with Crippen LogP contribution in [-0.2, 0) is 0 Å². The average molecular weight is 382 g/mol. The Labute approximate surface area is 161 Å². The van der Waals surface area contributed by atoms with Gasteiger partial charge in [0.25, 0.3) is 0 Å². The van der Waals surface area contributed by atoms with E-state index in [9.17, 15) is 4.79 Å². The summed E-state index contributed by atoms with van der Waals surface area (Å²) < 4.78 is 16.2. The fraction of sp³-hybridized carbons (Fsp3) is 0.143. The zero-order chi connectivity index (χ0) is 18.8. The molecule has 0 radical (unpaired) electrons. The van der Waals surface area contributed by atoms with Crippen LogP contribution >= 0.6 is 11.6 Å². The normalized spacial score (nSPS) is 13.1. The summed E-state index contributed by atoms with van der Waals surface area (Å²) in [6.45, 7) is 0.987. The lowest BCUT2D eigenvalue weighted by Crippen LogP contribution is -2.15. The molecule has 6 heteroatoms. The Bertz CT molecular complexity index is 1060. The highest BCUT2D eigenvalue weighted by molar-refractivity contribution is 6.31. The van der Waals surface area contributed by atoms with Crippen molar-refractivity contribution >= 4 is 34.4 Å². The van der Waals surface area contributed by atoms with Crippen molar-refractivity contribution in [2.45, 2.75) is 0 Å². The van der Waals surface area contributed by atoms with Crippen molar-refractivity contribution < 1.29 is 19.0 Å². The first-order valence-corrected chi connectivity index (χ1v) is 8.78. The highest BCUT2D eigenvalue weighted by atomic mass is 35.5. The van der Waals surface area contributed by atoms with E-state index in [1.165, 1.54) is 6.08 Å². The molecule has 0 saturated carbocycles. The summed E-state index contributed by atoms with van der Waals surface area (Å²) in [7, 11) is 1.61. The van der Waals surface area contributed by atoms with Gasteiger partial charge in [-0.25, -0.2) is 4.98 Å². The molecule has 4 rings (SSSR count). The molecule has 0 atom stereocenters. The Balaban J connectivity index is 1.61. The van der Waals surface area contributed by atoms with Crippen LogP contribution in [-0.4, -0.2) is 31.1 Å². The zero-order valence-electron chi connectivity index (χ0n) is 14.6. The van der Waals surface area contributed by atoms with Gasteiger partial charge < -0.3 is 14.2 Å². The van der Waals surface area contributed by atoms with E-state index in [1.807, 2.05) is 24.3 Å². The minimum absolute atomic E-state index is 0.159. The number of carbonyl (C=O) groups is 1. The van der Waals surface area contributed by atoms with Gasteiger partial charge in [0.15, 0.2) is 17.3 Å². The summed E-state index contributed by atoms with van der Waals surface area (Å²) >= 11 is 6.26. The minimum atomic E-state index is -0.159. The second-order valence-corrected chi connectivity index (χ2v) is 6.34. The standard InChI is InChI=1S/C21H16ClNO4/c1-25-16-4-5-17-15(11-16)10-14(21(22)23-17)2-6-18(24)13-3-7-19-20(12-13)27-9-8-26-19/h2-7,10-12H,8-9H2,1H3/b6-2+. The molecule has 1 aromatic heterocycles. The zero-order valence-corrected chi connectivity index (χ0v) is 15.3. The number of nitrogens with zero attached hydrogens (tertiary/aromatic N) is 1. The maximum Gasteiger partial charge on any atom is 0.185 e. The number of methoxy groups -OCH3 is 1. The van der Waals surface area contributed by atoms with Crippen molar-refractivity contribution in [1.29, 1.82) is 0 Å². The molecule has 0 unspecified atom stereocenters. The van der Waals surface area contributed by atoms with Gasteiger partial charge in [0.05, 0.1) is 12.6 Å². The predicted octanol–water partition coefficient (Wildman–Crippen LogP) is 4.56. The third-order valence-corrected chi connectivity index (χ3v) is 4.55. The number of hydrogen-bond acceptors (Lipinski definition) is 5. The maximum absolute atomic E-state index is 12.5. The van der Waals surface area contributed by atoms with Crippen LogP contribution in [0.5, 0.6) is 17.2 Å². The van der Waals surface area contributed by atoms with E-state index in [2.05, 4.69) is 4.98 Å². The highest BCUT2D eigenvalue weighted by Crippen LogP contribution is 2.31. The summed E-state index contributed by atoms with van der Waals surface area (Å²) in [5.74, 6) is 1.80. The summed E-state index contributed by atoms with van der Waals surface area (Å²) in [4.78, 5) is 16.9. The Morgan fingerprint density at radius 2 is 1.93 bits per heavy atom. The van der Waals surface area contributed by atoms with E-state index in [1.54, 1.807) is 31.4 Å². The lowest BCUT2D eigenvalue weighted by molar-refractivity contribution is 0.104. The molecule has 0 spiro atoms. The number of fused-ring (bicyclic) bond motifs is 2. The van der Waals surface area contributed by atoms with Gasteiger partial charge in [0, 0.05) is 16.5 Å². The van der Waals surface area contributed by atoms with E-state index in [4.69, 9.17) is 25.8 Å². The molecule has 1 aliphatic rings. The summed E-state index contributed by atoms with van der Waals surface area (Å²) in [6.07, 6.45) is 3.13. The van der Waals surface area contributed by atoms with Crippen molar-refractivity contribution in [2.75, 3.05) is 20.3 Å². The number of benzene rings is 2. The van der Waals surface area contributed by atoms with Gasteiger partial charge >= 0.3 is 0 Å². The monoisotopic (exact) mass is 381 g/mol. The smallest absolute Gasteiger partial charge is 0.185 e. The quantitative estimate of drug-likeness (QED) is 0.376. The molecule has 5 nitrogen and oxygen atoms in total. The van der Waals surface area contributed by atoms with Crippen molar-refractivity contribution in [3.8, 4) is 17.2 Å². The number of rotatable bonds is 4. The van der Waals surface area contributed by atoms with Crippen molar-refractivity contribution in [1.82, 2.24) is 4.98 Å². The maximum atomic E-state index is 12.5. The van der Waals surface area contributed by atoms with Gasteiger partial charge in [0.2, 0.25) is 0 Å². The molecule has 1 aliphatic heterocycles. The fourth-order valence-corrected chi connectivity index (χ4v) is 3.06. The second-order valence-electron chi connectivity index (χ2n) is 5.98. The average Bonchev–Trinajstić information content (AvgIpc) is 2.71. The third kappa shape index (κ3) is 3.59. The lowest BCUT2D eigenvalue weighted by atomic mass is 10.1. The van der Waals surface area contributed by atoms with Crippen LogP contribution in [0.15, 0.2) is 48.5 Å². The summed E-state index contributed by atoms with van der Waals surface area (Å²) in [5, 5.41) is 1.21. The molecule has 0 fully saturated rings. The molecule has 2 heterocycles. The highest BCUT2D eigenvalue weighted by Gasteiger charge is 2.14. The van der Waals surface area contributed by atoms with Crippen molar-refractivity contribution in [3.63, 3.8) is 0 Å². The van der Waals surface area contributed by atoms with Gasteiger partial charge in [-0.2, -0.15) is 0 Å². The van der Waals surface area contributed by atoms with Crippen LogP contribution in [0, 0.1) is 0 Å². The molecule has 2 aromatic carbocycles. The van der Waals surface area contributed by atoms with E-state index in [-0.39, 0.29) is 5.78 Å². The van der Waals surface area contributed by atoms with Gasteiger partial charge in [-0.15, -0.1) is 0 Å². The van der Waals surface area contributed by atoms with Gasteiger partial charge in [-0.3, -0.25) is 4.79 Å². The Morgan fingerprint density at radius 1 is 1.11 bits per heavy atom. The second kappa shape index (κ2) is 7.29. The molecular weight excluding hydrogens is 366 g/mol. The number of halogens is 1. The molecule has 136 valence electrons. The largest absolute Gasteiger partial charge is 0.497 e. The summed E-state index contributed by atoms with van der Waals surface area (Å²) in [5.41, 5.74) is 1.93. The van der Waals surface area contributed by atoms with Crippen LogP contribution in [0.3, 0.4) is 0 Å². The SMILES string of the molecule is COc1ccc2nc(Cl)c(/C=C/C(=O)c3ccc4c(c3)OCCO4)cc2c1. The third-order valence-electron chi connectivity index (χ3n) is 4.24. The first kappa shape index (κ1) is 17.4. The van der Waals surface area contributed by atoms with Crippen LogP contribution in [0.2, 0.25) is 5.15 Å². The van der Waals surface area contributed by atoms with Crippen LogP contribution < -0.4 is 14.2 Å². The Kier molecular flexibility index (Phi) is 4.69. The van der Waals surface area contributed by atoms with E-state index in [0.717, 1.165) is 16.7 Å². The van der Waals surface area contributed by atoms with Crippen LogP contribution in [0.25, 0.3) is 17.0 Å². The number of ether oxygens (including phenoxy) is 3. The van der Waals surface area contributed by atoms with Gasteiger partial charge in [-0.1, -0.05) is 11.6 Å². The molecule has 0 saturated heterocycles. The topological polar surface area (TPSA) is 57.7 Å². The number of aromatic nitrogens is 1. The molecule has 0 amide bonds. The van der Waals surface area contributed by atoms with Gasteiger partial charge in [-0.05, 0) is 54.6 Å². The number of pyridine rings is 1. The van der Waals surface area contributed by atoms with E-state index < -0.39 is 0 Å². The Morgan fingerprint density at radius 3 is 2.74 bits per heavy atom. The molecule has 0 bridgehead atoms. The van der Waals surface area contributed by atoms with Gasteiger partial charge in [0.1, 0.15) is 24.1 Å². The van der Waals surface area contributed by atoms with Crippen molar-refractivity contribution in [3.05, 3.63) is 64.8 Å². The number of carbonyl (C=O) groups excluding carboxylic acids is 1. The molecular formula is C21H16ClNO4. The molecule has 0 N–H and O–H groups in total. The van der Waals surface area contributed by atoms with Crippen molar-refractivity contribution in [2.24, 2.45) is 0 Å². The minimum Gasteiger partial charge on any atom is -0.497 e. The number of ketones is 1. The number of allylic oxidation sites excluding steroid dienone is 1. The summed E-state index contributed by atoms with van der Waals surface area (Å²) in [6, 6.07) is 12.6. The lowest BCUT2D eigenvalue weighted by Gasteiger charge is -2.18. The molecule has 3 aromatic rings. The fourth-order valence-electron chi connectivity index (χ4n) is 2.85. The predicted molar refractivity (Wildman–Crippen MR) is 104 cm³/mol. The Hall–Kier alpha value is -3.05. The number of hydrogen-bond donors (Lipinski definition) is 0. The van der Waals surface area contributed by atoms with E-state index >= 15 is 0 Å². The van der Waals surface area contributed by atoms with E-state index in [0.29, 0.717) is 41.0 Å². The molecule has 27 heavy (non-hydrogen) atoms. The first-order chi connectivity index (χ1) is 13.1. The molecule has 0 aliphatic carbocycles. The first-order valence-electron chi connectivity index (χ1n) is 8.40.